The van der Waals surface area contributed by atoms with E-state index in [-0.39, 0.29) is 0 Å². The molecule has 18 heavy (non-hydrogen) atoms. The molecule has 0 bridgehead atoms. The lowest BCUT2D eigenvalue weighted by molar-refractivity contribution is 0.780. The molecular formula is C13H11ClN4. The predicted octanol–water partition coefficient (Wildman–Crippen LogP) is 2.79. The molecular weight excluding hydrogens is 248 g/mol. The highest BCUT2D eigenvalue weighted by molar-refractivity contribution is 6.29. The Bertz CT molecular complexity index is 645. The first-order chi connectivity index (χ1) is 8.72. The molecule has 5 heteroatoms. The molecule has 90 valence electrons. The van der Waals surface area contributed by atoms with Crippen molar-refractivity contribution in [3.63, 3.8) is 0 Å². The molecule has 0 aliphatic carbocycles. The molecule has 0 N–H and O–H groups in total. The minimum absolute atomic E-state index is 0.505. The van der Waals surface area contributed by atoms with Crippen LogP contribution in [0.25, 0.3) is 11.5 Å². The smallest absolute Gasteiger partial charge is 0.161 e. The zero-order chi connectivity index (χ0) is 12.5. The van der Waals surface area contributed by atoms with Crippen molar-refractivity contribution >= 4 is 11.6 Å². The van der Waals surface area contributed by atoms with Gasteiger partial charge in [0.15, 0.2) is 5.82 Å². The van der Waals surface area contributed by atoms with Crippen molar-refractivity contribution in [1.29, 1.82) is 0 Å². The number of aryl methyl sites for hydroxylation is 1. The summed E-state index contributed by atoms with van der Waals surface area (Å²) in [5.41, 5.74) is 1.99. The number of nitrogens with zero attached hydrogens (tertiary/aromatic N) is 4. The van der Waals surface area contributed by atoms with Gasteiger partial charge in [-0.05, 0) is 30.7 Å². The summed E-state index contributed by atoms with van der Waals surface area (Å²) in [5.74, 6) is 1.68. The molecule has 4 nitrogen and oxygen atoms in total. The molecule has 0 aromatic carbocycles. The van der Waals surface area contributed by atoms with Crippen LogP contribution in [0, 0.1) is 6.92 Å². The predicted molar refractivity (Wildman–Crippen MR) is 69.7 cm³/mol. The molecule has 0 saturated carbocycles. The van der Waals surface area contributed by atoms with Crippen LogP contribution in [0.2, 0.25) is 5.15 Å². The van der Waals surface area contributed by atoms with Crippen LogP contribution in [0.4, 0.5) is 0 Å². The first-order valence-electron chi connectivity index (χ1n) is 5.62. The molecule has 0 unspecified atom stereocenters. The topological polar surface area (TPSA) is 43.6 Å². The summed E-state index contributed by atoms with van der Waals surface area (Å²) in [6, 6.07) is 7.69. The van der Waals surface area contributed by atoms with Gasteiger partial charge in [0.1, 0.15) is 16.7 Å². The summed E-state index contributed by atoms with van der Waals surface area (Å²) in [5, 5.41) is 0.505. The number of pyridine rings is 2. The second-order valence-corrected chi connectivity index (χ2v) is 4.49. The van der Waals surface area contributed by atoms with Crippen LogP contribution in [-0.2, 0) is 6.54 Å². The molecule has 0 amide bonds. The van der Waals surface area contributed by atoms with E-state index < -0.39 is 0 Å². The van der Waals surface area contributed by atoms with Gasteiger partial charge in [-0.1, -0.05) is 17.7 Å². The highest BCUT2D eigenvalue weighted by Crippen LogP contribution is 2.19. The number of fused-ring (bicyclic) bond motifs is 1. The number of rotatable bonds is 2. The molecule has 0 fully saturated rings. The molecule has 1 aromatic rings. The molecule has 0 saturated heterocycles. The third-order valence-electron chi connectivity index (χ3n) is 2.71. The number of halogens is 1. The van der Waals surface area contributed by atoms with Crippen LogP contribution in [0.1, 0.15) is 11.4 Å². The number of hydrogen-bond donors (Lipinski definition) is 0. The number of aromatic nitrogens is 4. The maximum atomic E-state index is 5.77. The maximum absolute atomic E-state index is 5.77. The summed E-state index contributed by atoms with van der Waals surface area (Å²) >= 11 is 5.77. The zero-order valence-corrected chi connectivity index (χ0v) is 10.6. The first-order valence-corrected chi connectivity index (χ1v) is 6.00. The third kappa shape index (κ3) is 2.07. The van der Waals surface area contributed by atoms with Gasteiger partial charge in [0.25, 0.3) is 0 Å². The standard InChI is InChI=1S/C13H11ClN4/c1-9-16-11-3-2-6-18(13(11)17-9)8-10-4-5-12(14)15-7-10/h2-7H,8H2,1H3. The zero-order valence-electron chi connectivity index (χ0n) is 9.84. The van der Waals surface area contributed by atoms with E-state index in [2.05, 4.69) is 19.5 Å². The van der Waals surface area contributed by atoms with Gasteiger partial charge in [0.2, 0.25) is 0 Å². The monoisotopic (exact) mass is 258 g/mol. The van der Waals surface area contributed by atoms with Gasteiger partial charge in [0.05, 0.1) is 6.54 Å². The van der Waals surface area contributed by atoms with Crippen LogP contribution >= 0.6 is 11.6 Å². The minimum Gasteiger partial charge on any atom is -0.327 e. The van der Waals surface area contributed by atoms with Crippen LogP contribution in [0.3, 0.4) is 0 Å². The van der Waals surface area contributed by atoms with Gasteiger partial charge in [0, 0.05) is 12.4 Å². The quantitative estimate of drug-likeness (QED) is 0.664. The Morgan fingerprint density at radius 1 is 1.22 bits per heavy atom. The molecule has 1 aromatic heterocycles. The van der Waals surface area contributed by atoms with Crippen molar-refractivity contribution in [2.75, 3.05) is 0 Å². The van der Waals surface area contributed by atoms with E-state index in [1.165, 1.54) is 0 Å². The van der Waals surface area contributed by atoms with E-state index in [1.807, 2.05) is 31.3 Å². The summed E-state index contributed by atoms with van der Waals surface area (Å²) < 4.78 is 2.06. The largest absolute Gasteiger partial charge is 0.327 e. The second-order valence-electron chi connectivity index (χ2n) is 4.10. The van der Waals surface area contributed by atoms with Crippen LogP contribution in [-0.4, -0.2) is 19.5 Å². The Morgan fingerprint density at radius 2 is 2.11 bits per heavy atom. The van der Waals surface area contributed by atoms with Crippen molar-refractivity contribution < 1.29 is 0 Å². The van der Waals surface area contributed by atoms with E-state index in [0.29, 0.717) is 11.7 Å². The van der Waals surface area contributed by atoms with E-state index in [1.54, 1.807) is 12.3 Å². The second kappa shape index (κ2) is 4.38. The minimum atomic E-state index is 0.505. The fourth-order valence-corrected chi connectivity index (χ4v) is 2.03. The van der Waals surface area contributed by atoms with Gasteiger partial charge in [-0.2, -0.15) is 0 Å². The third-order valence-corrected chi connectivity index (χ3v) is 2.94. The van der Waals surface area contributed by atoms with Crippen molar-refractivity contribution in [2.45, 2.75) is 13.5 Å². The Kier molecular flexibility index (Phi) is 2.72. The maximum Gasteiger partial charge on any atom is 0.161 e. The summed E-state index contributed by atoms with van der Waals surface area (Å²) in [7, 11) is 0. The number of imidazole rings is 1. The summed E-state index contributed by atoms with van der Waals surface area (Å²) in [6.07, 6.45) is 3.77. The van der Waals surface area contributed by atoms with E-state index >= 15 is 0 Å². The molecule has 0 radical (unpaired) electrons. The Hall–Kier alpha value is -1.94. The average molecular weight is 259 g/mol. The van der Waals surface area contributed by atoms with Crippen molar-refractivity contribution in [1.82, 2.24) is 19.5 Å². The van der Waals surface area contributed by atoms with Crippen LogP contribution < -0.4 is 0 Å². The van der Waals surface area contributed by atoms with E-state index in [0.717, 1.165) is 22.9 Å². The lowest BCUT2D eigenvalue weighted by Gasteiger charge is -2.10. The highest BCUT2D eigenvalue weighted by Gasteiger charge is 2.11. The van der Waals surface area contributed by atoms with E-state index in [4.69, 9.17) is 11.6 Å². The fraction of sp³-hybridized carbons (Fsp3) is 0.154. The van der Waals surface area contributed by atoms with Crippen LogP contribution in [0.15, 0.2) is 36.7 Å². The van der Waals surface area contributed by atoms with Crippen molar-refractivity contribution in [3.05, 3.63) is 53.2 Å². The number of hydrogen-bond acceptors (Lipinski definition) is 3. The molecule has 2 aliphatic rings. The van der Waals surface area contributed by atoms with E-state index in [9.17, 15) is 0 Å². The highest BCUT2D eigenvalue weighted by atomic mass is 35.5. The van der Waals surface area contributed by atoms with Gasteiger partial charge < -0.3 is 4.57 Å². The van der Waals surface area contributed by atoms with Gasteiger partial charge >= 0.3 is 0 Å². The lowest BCUT2D eigenvalue weighted by atomic mass is 10.2. The lowest BCUT2D eigenvalue weighted by Crippen LogP contribution is -2.04. The van der Waals surface area contributed by atoms with Crippen molar-refractivity contribution in [3.8, 4) is 11.5 Å². The normalized spacial score (nSPS) is 11.0. The SMILES string of the molecule is Cc1nc2cccn(Cc3ccc(Cl)nc3)c-2n1. The molecule has 3 heterocycles. The Labute approximate surface area is 110 Å². The Morgan fingerprint density at radius 3 is 2.89 bits per heavy atom. The first kappa shape index (κ1) is 11.2. The summed E-state index contributed by atoms with van der Waals surface area (Å²) in [6.45, 7) is 2.60. The fourth-order valence-electron chi connectivity index (χ4n) is 1.92. The summed E-state index contributed by atoms with van der Waals surface area (Å²) in [4.78, 5) is 12.9. The Balaban J connectivity index is 1.98. The van der Waals surface area contributed by atoms with Crippen LogP contribution in [0.5, 0.6) is 0 Å². The molecule has 0 spiro atoms. The van der Waals surface area contributed by atoms with Gasteiger partial charge in [-0.25, -0.2) is 15.0 Å². The van der Waals surface area contributed by atoms with Crippen molar-refractivity contribution in [2.24, 2.45) is 0 Å². The molecule has 0 atom stereocenters. The van der Waals surface area contributed by atoms with Gasteiger partial charge in [-0.15, -0.1) is 0 Å². The average Bonchev–Trinajstić information content (AvgIpc) is 2.73. The van der Waals surface area contributed by atoms with Gasteiger partial charge in [-0.3, -0.25) is 0 Å². The molecule has 3 rings (SSSR count). The molecule has 2 aliphatic heterocycles.